The van der Waals surface area contributed by atoms with Crippen LogP contribution < -0.4 is 10.0 Å². The lowest BCUT2D eigenvalue weighted by atomic mass is 10.3. The molecule has 0 aliphatic carbocycles. The van der Waals surface area contributed by atoms with E-state index in [1.54, 1.807) is 30.3 Å². The number of nitrogens with two attached hydrogens (primary N) is 1. The zero-order valence-electron chi connectivity index (χ0n) is 12.0. The summed E-state index contributed by atoms with van der Waals surface area (Å²) in [5, 5.41) is 0. The molecule has 0 bridgehead atoms. The molecule has 0 fully saturated rings. The van der Waals surface area contributed by atoms with Crippen LogP contribution >= 0.6 is 0 Å². The SMILES string of the molecule is CS(=O)(=O)N(Cc1cnc(C(=O)CN)cn1)c1ccccc1. The topological polar surface area (TPSA) is 106 Å². The summed E-state index contributed by atoms with van der Waals surface area (Å²) in [6.07, 6.45) is 3.81. The van der Waals surface area contributed by atoms with Crippen molar-refractivity contribution in [3.05, 3.63) is 54.1 Å². The summed E-state index contributed by atoms with van der Waals surface area (Å²) >= 11 is 0. The Balaban J connectivity index is 2.27. The van der Waals surface area contributed by atoms with Crippen LogP contribution in [0.3, 0.4) is 0 Å². The Bertz CT molecular complexity index is 745. The van der Waals surface area contributed by atoms with Gasteiger partial charge in [0.1, 0.15) is 5.69 Å². The Kier molecular flexibility index (Phi) is 4.84. The maximum atomic E-state index is 12.0. The molecule has 116 valence electrons. The van der Waals surface area contributed by atoms with E-state index in [0.29, 0.717) is 11.4 Å². The van der Waals surface area contributed by atoms with Crippen molar-refractivity contribution in [1.29, 1.82) is 0 Å². The third-order valence-electron chi connectivity index (χ3n) is 2.93. The second-order valence-corrected chi connectivity index (χ2v) is 6.53. The summed E-state index contributed by atoms with van der Waals surface area (Å²) in [4.78, 5) is 19.4. The molecule has 0 unspecified atom stereocenters. The van der Waals surface area contributed by atoms with Crippen molar-refractivity contribution in [1.82, 2.24) is 9.97 Å². The Morgan fingerprint density at radius 2 is 1.86 bits per heavy atom. The van der Waals surface area contributed by atoms with Crippen LogP contribution in [0.2, 0.25) is 0 Å². The number of ketones is 1. The number of para-hydroxylation sites is 1. The van der Waals surface area contributed by atoms with Crippen LogP contribution in [0.5, 0.6) is 0 Å². The van der Waals surface area contributed by atoms with Gasteiger partial charge in [0, 0.05) is 0 Å². The third kappa shape index (κ3) is 3.86. The summed E-state index contributed by atoms with van der Waals surface area (Å²) in [6, 6.07) is 8.70. The predicted molar refractivity (Wildman–Crippen MR) is 82.9 cm³/mol. The molecule has 0 saturated heterocycles. The number of carbonyl (C=O) groups excluding carboxylic acids is 1. The number of aromatic nitrogens is 2. The highest BCUT2D eigenvalue weighted by Crippen LogP contribution is 2.19. The van der Waals surface area contributed by atoms with Crippen LogP contribution in [0.25, 0.3) is 0 Å². The number of anilines is 1. The molecule has 22 heavy (non-hydrogen) atoms. The standard InChI is InChI=1S/C14H16N4O3S/c1-22(20,21)18(12-5-3-2-4-6-12)10-11-8-17-13(9-16-11)14(19)7-15/h2-6,8-9H,7,10,15H2,1H3. The summed E-state index contributed by atoms with van der Waals surface area (Å²) in [5.41, 5.74) is 6.38. The first-order valence-corrected chi connectivity index (χ1v) is 8.33. The van der Waals surface area contributed by atoms with Gasteiger partial charge in [0.15, 0.2) is 5.78 Å². The lowest BCUT2D eigenvalue weighted by molar-refractivity contribution is 0.0996. The van der Waals surface area contributed by atoms with Crippen molar-refractivity contribution >= 4 is 21.5 Å². The van der Waals surface area contributed by atoms with E-state index in [9.17, 15) is 13.2 Å². The van der Waals surface area contributed by atoms with Gasteiger partial charge in [0.2, 0.25) is 10.0 Å². The summed E-state index contributed by atoms with van der Waals surface area (Å²) < 4.78 is 25.2. The number of carbonyl (C=O) groups is 1. The van der Waals surface area contributed by atoms with Gasteiger partial charge < -0.3 is 5.73 Å². The van der Waals surface area contributed by atoms with Gasteiger partial charge in [-0.15, -0.1) is 0 Å². The van der Waals surface area contributed by atoms with Crippen molar-refractivity contribution in [2.45, 2.75) is 6.54 Å². The van der Waals surface area contributed by atoms with Crippen molar-refractivity contribution < 1.29 is 13.2 Å². The zero-order chi connectivity index (χ0) is 16.2. The second-order valence-electron chi connectivity index (χ2n) is 4.63. The Morgan fingerprint density at radius 3 is 2.36 bits per heavy atom. The molecule has 0 aliphatic rings. The molecule has 7 nitrogen and oxygen atoms in total. The van der Waals surface area contributed by atoms with Gasteiger partial charge in [0.05, 0.1) is 43.1 Å². The lowest BCUT2D eigenvalue weighted by Gasteiger charge is -2.21. The quantitative estimate of drug-likeness (QED) is 0.781. The first-order valence-electron chi connectivity index (χ1n) is 6.49. The molecule has 2 rings (SSSR count). The maximum Gasteiger partial charge on any atom is 0.232 e. The van der Waals surface area contributed by atoms with E-state index in [1.807, 2.05) is 0 Å². The second kappa shape index (κ2) is 6.63. The fourth-order valence-electron chi connectivity index (χ4n) is 1.83. The summed E-state index contributed by atoms with van der Waals surface area (Å²) in [5.74, 6) is -0.318. The van der Waals surface area contributed by atoms with Gasteiger partial charge in [-0.3, -0.25) is 14.1 Å². The number of benzene rings is 1. The van der Waals surface area contributed by atoms with Crippen LogP contribution in [0.4, 0.5) is 5.69 Å². The average molecular weight is 320 g/mol. The van der Waals surface area contributed by atoms with Crippen LogP contribution in [-0.4, -0.2) is 37.0 Å². The molecule has 0 amide bonds. The molecule has 0 saturated carbocycles. The summed E-state index contributed by atoms with van der Waals surface area (Å²) in [7, 11) is -3.47. The Morgan fingerprint density at radius 1 is 1.18 bits per heavy atom. The van der Waals surface area contributed by atoms with E-state index in [2.05, 4.69) is 9.97 Å². The molecule has 0 radical (unpaired) electrons. The molecule has 0 atom stereocenters. The first-order chi connectivity index (χ1) is 10.4. The van der Waals surface area contributed by atoms with Gasteiger partial charge in [-0.05, 0) is 12.1 Å². The van der Waals surface area contributed by atoms with Crippen molar-refractivity contribution in [3.8, 4) is 0 Å². The number of hydrogen-bond acceptors (Lipinski definition) is 6. The Hall–Kier alpha value is -2.32. The first kappa shape index (κ1) is 16.1. The number of rotatable bonds is 6. The molecule has 8 heteroatoms. The number of hydrogen-bond donors (Lipinski definition) is 1. The molecular weight excluding hydrogens is 304 g/mol. The van der Waals surface area contributed by atoms with Gasteiger partial charge in [-0.25, -0.2) is 13.4 Å². The average Bonchev–Trinajstić information content (AvgIpc) is 2.52. The van der Waals surface area contributed by atoms with Gasteiger partial charge in [-0.2, -0.15) is 0 Å². The minimum Gasteiger partial charge on any atom is -0.324 e. The van der Waals surface area contributed by atoms with E-state index in [4.69, 9.17) is 5.73 Å². The van der Waals surface area contributed by atoms with Crippen LogP contribution in [-0.2, 0) is 16.6 Å². The maximum absolute atomic E-state index is 12.0. The Labute approximate surface area is 128 Å². The zero-order valence-corrected chi connectivity index (χ0v) is 12.8. The van der Waals surface area contributed by atoms with Crippen LogP contribution in [0.1, 0.15) is 16.2 Å². The van der Waals surface area contributed by atoms with E-state index >= 15 is 0 Å². The largest absolute Gasteiger partial charge is 0.324 e. The highest BCUT2D eigenvalue weighted by atomic mass is 32.2. The fraction of sp³-hybridized carbons (Fsp3) is 0.214. The number of nitrogens with zero attached hydrogens (tertiary/aromatic N) is 3. The predicted octanol–water partition coefficient (Wildman–Crippen LogP) is 0.584. The van der Waals surface area contributed by atoms with Gasteiger partial charge >= 0.3 is 0 Å². The van der Waals surface area contributed by atoms with Crippen LogP contribution in [0.15, 0.2) is 42.7 Å². The smallest absolute Gasteiger partial charge is 0.232 e. The van der Waals surface area contributed by atoms with Gasteiger partial charge in [0.25, 0.3) is 0 Å². The molecule has 1 aromatic heterocycles. The normalized spacial score (nSPS) is 11.2. The van der Waals surface area contributed by atoms with E-state index in [0.717, 1.165) is 6.26 Å². The lowest BCUT2D eigenvalue weighted by Crippen LogP contribution is -2.29. The molecule has 1 heterocycles. The van der Waals surface area contributed by atoms with Crippen molar-refractivity contribution in [2.24, 2.45) is 5.73 Å². The van der Waals surface area contributed by atoms with E-state index < -0.39 is 10.0 Å². The molecule has 0 aliphatic heterocycles. The fourth-order valence-corrected chi connectivity index (χ4v) is 2.70. The van der Waals surface area contributed by atoms with Crippen LogP contribution in [0, 0.1) is 0 Å². The molecule has 1 aromatic carbocycles. The van der Waals surface area contributed by atoms with Gasteiger partial charge in [-0.1, -0.05) is 18.2 Å². The number of Topliss-reactive ketones (excluding diaryl/α,β-unsaturated/α-hetero) is 1. The third-order valence-corrected chi connectivity index (χ3v) is 4.07. The highest BCUT2D eigenvalue weighted by Gasteiger charge is 2.18. The summed E-state index contributed by atoms with van der Waals surface area (Å²) in [6.45, 7) is -0.111. The number of sulfonamides is 1. The molecule has 2 aromatic rings. The molecule has 0 spiro atoms. The minimum absolute atomic E-state index is 0.0347. The minimum atomic E-state index is -3.47. The van der Waals surface area contributed by atoms with Crippen molar-refractivity contribution in [3.63, 3.8) is 0 Å². The van der Waals surface area contributed by atoms with Crippen molar-refractivity contribution in [2.75, 3.05) is 17.1 Å². The molecular formula is C14H16N4O3S. The highest BCUT2D eigenvalue weighted by molar-refractivity contribution is 7.92. The van der Waals surface area contributed by atoms with E-state index in [1.165, 1.54) is 16.7 Å². The monoisotopic (exact) mass is 320 g/mol. The molecule has 2 N–H and O–H groups in total. The van der Waals surface area contributed by atoms with E-state index in [-0.39, 0.29) is 24.6 Å².